The van der Waals surface area contributed by atoms with E-state index in [4.69, 9.17) is 0 Å². The van der Waals surface area contributed by atoms with Gasteiger partial charge in [0.2, 0.25) is 0 Å². The topological polar surface area (TPSA) is 10.9 Å². The van der Waals surface area contributed by atoms with Crippen molar-refractivity contribution in [3.05, 3.63) is 211 Å². The first kappa shape index (κ1) is 32.8. The Morgan fingerprint density at radius 3 is 1.41 bits per heavy atom. The molecule has 0 saturated carbocycles. The van der Waals surface area contributed by atoms with Crippen LogP contribution in [0, 0.1) is 0 Å². The van der Waals surface area contributed by atoms with E-state index in [0.29, 0.717) is 0 Å². The predicted octanol–water partition coefficient (Wildman–Crippen LogP) is 15.2. The van der Waals surface area contributed by atoms with Crippen molar-refractivity contribution < 1.29 is 0 Å². The van der Waals surface area contributed by atoms with Crippen molar-refractivity contribution >= 4 is 83.0 Å². The second-order valence-electron chi connectivity index (χ2n) is 16.2. The minimum absolute atomic E-state index is 0.235. The van der Waals surface area contributed by atoms with E-state index in [-0.39, 0.29) is 5.41 Å². The van der Waals surface area contributed by atoms with Gasteiger partial charge in [-0.3, -0.25) is 0 Å². The second-order valence-corrected chi connectivity index (χ2v) is 16.2. The zero-order chi connectivity index (χ0) is 38.5. The van der Waals surface area contributed by atoms with Gasteiger partial charge < -0.3 is 14.2 Å². The van der Waals surface area contributed by atoms with E-state index in [1.807, 2.05) is 0 Å². The highest BCUT2D eigenvalue weighted by Gasteiger charge is 2.37. The number of para-hydroxylation sites is 4. The molecule has 12 rings (SSSR count). The standard InChI is InChI=1S/C55H39N3/c1-55(2)49-34-40(56(37-18-6-3-7-19-37)38-20-8-4-9-21-38)28-30-43(49)44-31-29-41(35-50(44)55)57(39-22-10-5-11-23-39)42-32-47-45-24-12-13-26-51(45)58-52-27-15-17-36-16-14-25-46(53(36)52)48(33-42)54(47)58/h3-35H,1-2H3. The van der Waals surface area contributed by atoms with Crippen LogP contribution in [-0.4, -0.2) is 4.40 Å². The Labute approximate surface area is 337 Å². The van der Waals surface area contributed by atoms with E-state index in [2.05, 4.69) is 228 Å². The molecule has 1 aliphatic rings. The van der Waals surface area contributed by atoms with Gasteiger partial charge in [0, 0.05) is 61.1 Å². The molecular weight excluding hydrogens is 703 g/mol. The maximum absolute atomic E-state index is 2.49. The van der Waals surface area contributed by atoms with Gasteiger partial charge in [-0.05, 0) is 118 Å². The molecule has 0 amide bonds. The molecular formula is C55H39N3. The summed E-state index contributed by atoms with van der Waals surface area (Å²) in [5.74, 6) is 0. The Bertz CT molecular complexity index is 3320. The van der Waals surface area contributed by atoms with Crippen LogP contribution in [-0.2, 0) is 5.41 Å². The molecule has 0 N–H and O–H groups in total. The van der Waals surface area contributed by atoms with Crippen LogP contribution in [0.3, 0.4) is 0 Å². The van der Waals surface area contributed by atoms with Crippen molar-refractivity contribution in [1.82, 2.24) is 4.40 Å². The molecule has 0 aliphatic heterocycles. The molecule has 0 spiro atoms. The van der Waals surface area contributed by atoms with E-state index < -0.39 is 0 Å². The smallest absolute Gasteiger partial charge is 0.0621 e. The van der Waals surface area contributed by atoms with Crippen LogP contribution in [0.1, 0.15) is 25.0 Å². The first-order valence-corrected chi connectivity index (χ1v) is 20.2. The maximum Gasteiger partial charge on any atom is 0.0621 e. The van der Waals surface area contributed by atoms with Gasteiger partial charge in [0.05, 0.1) is 16.6 Å². The molecule has 0 unspecified atom stereocenters. The molecule has 0 bridgehead atoms. The SMILES string of the molecule is CC1(C)c2cc(N(c3ccccc3)c3ccccc3)ccc2-c2ccc(N(c3ccccc3)c3cc4c5cccc6cccc(c65)n5c6ccccc6c(c3)c45)cc21. The van der Waals surface area contributed by atoms with Crippen LogP contribution in [0.15, 0.2) is 200 Å². The van der Waals surface area contributed by atoms with E-state index >= 15 is 0 Å². The number of benzene rings is 9. The highest BCUT2D eigenvalue weighted by molar-refractivity contribution is 6.27. The number of anilines is 6. The summed E-state index contributed by atoms with van der Waals surface area (Å²) in [4.78, 5) is 4.82. The molecule has 9 aromatic carbocycles. The van der Waals surface area contributed by atoms with Crippen molar-refractivity contribution in [2.75, 3.05) is 9.80 Å². The van der Waals surface area contributed by atoms with Gasteiger partial charge >= 0.3 is 0 Å². The lowest BCUT2D eigenvalue weighted by Gasteiger charge is -2.29. The van der Waals surface area contributed by atoms with Gasteiger partial charge in [0.15, 0.2) is 0 Å². The molecule has 0 radical (unpaired) electrons. The van der Waals surface area contributed by atoms with E-state index in [0.717, 1.165) is 34.1 Å². The third-order valence-corrected chi connectivity index (χ3v) is 12.6. The van der Waals surface area contributed by atoms with Crippen molar-refractivity contribution in [2.45, 2.75) is 19.3 Å². The van der Waals surface area contributed by atoms with E-state index in [1.54, 1.807) is 0 Å². The third-order valence-electron chi connectivity index (χ3n) is 12.6. The molecule has 3 heteroatoms. The van der Waals surface area contributed by atoms with Gasteiger partial charge in [-0.15, -0.1) is 0 Å². The molecule has 11 aromatic rings. The molecule has 0 atom stereocenters. The number of aromatic nitrogens is 1. The molecule has 274 valence electrons. The fourth-order valence-corrected chi connectivity index (χ4v) is 10.0. The number of nitrogens with zero attached hydrogens (tertiary/aromatic N) is 3. The summed E-state index contributed by atoms with van der Waals surface area (Å²) < 4.78 is 2.49. The summed E-state index contributed by atoms with van der Waals surface area (Å²) in [6, 6.07) is 73.6. The average molecular weight is 742 g/mol. The lowest BCUT2D eigenvalue weighted by Crippen LogP contribution is -2.17. The van der Waals surface area contributed by atoms with Gasteiger partial charge in [-0.2, -0.15) is 0 Å². The Balaban J connectivity index is 1.06. The number of fused-ring (bicyclic) bond motifs is 8. The first-order valence-electron chi connectivity index (χ1n) is 20.2. The van der Waals surface area contributed by atoms with E-state index in [1.165, 1.54) is 71.1 Å². The van der Waals surface area contributed by atoms with Gasteiger partial charge in [-0.1, -0.05) is 129 Å². The lowest BCUT2D eigenvalue weighted by atomic mass is 9.82. The Kier molecular flexibility index (Phi) is 6.98. The fraction of sp³-hybridized carbons (Fsp3) is 0.0545. The molecule has 0 saturated heterocycles. The molecule has 3 nitrogen and oxygen atoms in total. The lowest BCUT2D eigenvalue weighted by molar-refractivity contribution is 0.660. The molecule has 2 aromatic heterocycles. The van der Waals surface area contributed by atoms with E-state index in [9.17, 15) is 0 Å². The van der Waals surface area contributed by atoms with Crippen molar-refractivity contribution in [3.8, 4) is 11.1 Å². The zero-order valence-electron chi connectivity index (χ0n) is 32.4. The minimum atomic E-state index is -0.235. The van der Waals surface area contributed by atoms with Gasteiger partial charge in [0.1, 0.15) is 0 Å². The number of hydrogen-bond donors (Lipinski definition) is 0. The number of hydrogen-bond acceptors (Lipinski definition) is 2. The summed E-state index contributed by atoms with van der Waals surface area (Å²) in [6.45, 7) is 4.77. The van der Waals surface area contributed by atoms with Crippen LogP contribution in [0.2, 0.25) is 0 Å². The normalized spacial score (nSPS) is 13.1. The summed E-state index contributed by atoms with van der Waals surface area (Å²) >= 11 is 0. The third kappa shape index (κ3) is 4.68. The average Bonchev–Trinajstić information content (AvgIpc) is 3.72. The Morgan fingerprint density at radius 1 is 0.362 bits per heavy atom. The molecule has 1 aliphatic carbocycles. The quantitative estimate of drug-likeness (QED) is 0.124. The van der Waals surface area contributed by atoms with Gasteiger partial charge in [0.25, 0.3) is 0 Å². The van der Waals surface area contributed by atoms with Crippen LogP contribution in [0.25, 0.3) is 60.0 Å². The van der Waals surface area contributed by atoms with Crippen LogP contribution >= 0.6 is 0 Å². The largest absolute Gasteiger partial charge is 0.310 e. The highest BCUT2D eigenvalue weighted by Crippen LogP contribution is 2.53. The minimum Gasteiger partial charge on any atom is -0.310 e. The summed E-state index contributed by atoms with van der Waals surface area (Å²) in [7, 11) is 0. The van der Waals surface area contributed by atoms with Crippen LogP contribution in [0.5, 0.6) is 0 Å². The van der Waals surface area contributed by atoms with Crippen molar-refractivity contribution in [1.29, 1.82) is 0 Å². The van der Waals surface area contributed by atoms with Crippen molar-refractivity contribution in [2.24, 2.45) is 0 Å². The molecule has 0 fully saturated rings. The zero-order valence-corrected chi connectivity index (χ0v) is 32.4. The fourth-order valence-electron chi connectivity index (χ4n) is 10.0. The second kappa shape index (κ2) is 12.3. The first-order chi connectivity index (χ1) is 28.5. The molecule has 58 heavy (non-hydrogen) atoms. The number of rotatable bonds is 6. The summed E-state index contributed by atoms with van der Waals surface area (Å²) in [6.07, 6.45) is 0. The molecule has 2 heterocycles. The van der Waals surface area contributed by atoms with Crippen LogP contribution in [0.4, 0.5) is 34.1 Å². The Hall–Kier alpha value is -7.36. The monoisotopic (exact) mass is 741 g/mol. The highest BCUT2D eigenvalue weighted by atomic mass is 15.1. The van der Waals surface area contributed by atoms with Crippen LogP contribution < -0.4 is 9.80 Å². The van der Waals surface area contributed by atoms with Gasteiger partial charge in [-0.25, -0.2) is 0 Å². The summed E-state index contributed by atoms with van der Waals surface area (Å²) in [5.41, 5.74) is 15.6. The predicted molar refractivity (Wildman–Crippen MR) is 246 cm³/mol. The Morgan fingerprint density at radius 2 is 0.828 bits per heavy atom. The summed E-state index contributed by atoms with van der Waals surface area (Å²) in [5, 5.41) is 7.63. The maximum atomic E-state index is 2.49. The van der Waals surface area contributed by atoms with Crippen molar-refractivity contribution in [3.63, 3.8) is 0 Å². The number of pyridine rings is 1.